The van der Waals surface area contributed by atoms with Gasteiger partial charge in [-0.25, -0.2) is 4.79 Å². The Labute approximate surface area is 199 Å². The van der Waals surface area contributed by atoms with E-state index in [-0.39, 0.29) is 6.09 Å². The molecule has 0 saturated carbocycles. The van der Waals surface area contributed by atoms with E-state index in [0.29, 0.717) is 12.6 Å². The highest BCUT2D eigenvalue weighted by atomic mass is 32.2. The zero-order valence-corrected chi connectivity index (χ0v) is 20.5. The highest BCUT2D eigenvalue weighted by Gasteiger charge is 2.31. The van der Waals surface area contributed by atoms with Crippen LogP contribution >= 0.6 is 23.5 Å². The Morgan fingerprint density at radius 1 is 1.03 bits per heavy atom. The minimum Gasteiger partial charge on any atom is -0.448 e. The molecule has 3 aliphatic heterocycles. The van der Waals surface area contributed by atoms with Gasteiger partial charge in [0.05, 0.1) is 6.54 Å². The van der Waals surface area contributed by atoms with Gasteiger partial charge in [0.25, 0.3) is 0 Å². The minimum absolute atomic E-state index is 0.158. The number of carbonyl (C=O) groups is 1. The lowest BCUT2D eigenvalue weighted by molar-refractivity contribution is 0.0888. The number of nitrogens with zero attached hydrogens (tertiary/aromatic N) is 3. The number of hydrogen-bond acceptors (Lipinski definition) is 6. The van der Waals surface area contributed by atoms with Gasteiger partial charge in [-0.05, 0) is 55.0 Å². The maximum absolute atomic E-state index is 11.7. The number of hydrogen-bond donors (Lipinski definition) is 0. The zero-order chi connectivity index (χ0) is 22.1. The van der Waals surface area contributed by atoms with E-state index >= 15 is 0 Å². The predicted octanol–water partition coefficient (Wildman–Crippen LogP) is 4.54. The summed E-state index contributed by atoms with van der Waals surface area (Å²) in [6, 6.07) is 14.3. The number of fused-ring (bicyclic) bond motifs is 2. The Balaban J connectivity index is 1.32. The Kier molecular flexibility index (Phi) is 6.69. The summed E-state index contributed by atoms with van der Waals surface area (Å²) in [5.74, 6) is 0. The van der Waals surface area contributed by atoms with Crippen molar-refractivity contribution in [3.8, 4) is 0 Å². The number of ether oxygens (including phenoxy) is 1. The smallest absolute Gasteiger partial charge is 0.409 e. The first-order valence-electron chi connectivity index (χ1n) is 11.4. The van der Waals surface area contributed by atoms with Gasteiger partial charge >= 0.3 is 6.09 Å². The number of rotatable bonds is 5. The molecule has 1 atom stereocenters. The van der Waals surface area contributed by atoms with Crippen LogP contribution in [-0.2, 0) is 11.2 Å². The molecule has 32 heavy (non-hydrogen) atoms. The van der Waals surface area contributed by atoms with E-state index in [1.807, 2.05) is 28.4 Å². The van der Waals surface area contributed by atoms with Crippen molar-refractivity contribution >= 4 is 29.6 Å². The first-order chi connectivity index (χ1) is 15.6. The number of thioether (sulfide) groups is 1. The highest BCUT2D eigenvalue weighted by molar-refractivity contribution is 7.99. The van der Waals surface area contributed by atoms with Crippen LogP contribution in [0.15, 0.2) is 51.1 Å². The van der Waals surface area contributed by atoms with Crippen LogP contribution in [-0.4, -0.2) is 79.5 Å². The molecule has 0 aromatic heterocycles. The first-order valence-corrected chi connectivity index (χ1v) is 13.5. The van der Waals surface area contributed by atoms with Crippen LogP contribution < -0.4 is 0 Å². The standard InChI is InChI=1S/C25H31N3O2S2/c1-18-3-5-23-19(15-18)16-22(21-17-20(31-2)4-6-24(21)32-23)27-10-7-26(8-11-27)9-12-28-13-14-30-25(28)29/h3-6,15,17,22H,7-14,16H2,1-2H3. The van der Waals surface area contributed by atoms with Gasteiger partial charge in [0, 0.05) is 60.0 Å². The third-order valence-electron chi connectivity index (χ3n) is 6.80. The topological polar surface area (TPSA) is 36.0 Å². The average Bonchev–Trinajstić information content (AvgIpc) is 3.15. The second kappa shape index (κ2) is 9.67. The SMILES string of the molecule is CSc1ccc2c(c1)C(N1CCN(CCN3CCOC3=O)CC1)Cc1cc(C)ccc1S2. The van der Waals surface area contributed by atoms with Crippen LogP contribution in [0, 0.1) is 6.92 Å². The largest absolute Gasteiger partial charge is 0.448 e. The summed E-state index contributed by atoms with van der Waals surface area (Å²) in [7, 11) is 0. The fourth-order valence-electron chi connectivity index (χ4n) is 4.93. The molecule has 0 N–H and O–H groups in total. The molecule has 2 fully saturated rings. The summed E-state index contributed by atoms with van der Waals surface area (Å²) in [5.41, 5.74) is 4.28. The van der Waals surface area contributed by atoms with E-state index in [0.717, 1.165) is 52.2 Å². The van der Waals surface area contributed by atoms with Crippen LogP contribution in [0.25, 0.3) is 0 Å². The van der Waals surface area contributed by atoms with Gasteiger partial charge in [-0.1, -0.05) is 29.5 Å². The summed E-state index contributed by atoms with van der Waals surface area (Å²) in [6.07, 6.45) is 3.07. The van der Waals surface area contributed by atoms with Crippen LogP contribution in [0.3, 0.4) is 0 Å². The normalized spacial score (nSPS) is 21.8. The van der Waals surface area contributed by atoms with Gasteiger partial charge in [-0.15, -0.1) is 11.8 Å². The third-order valence-corrected chi connectivity index (χ3v) is 8.74. The molecule has 7 heteroatoms. The van der Waals surface area contributed by atoms with Crippen LogP contribution in [0.4, 0.5) is 4.79 Å². The molecule has 5 rings (SSSR count). The summed E-state index contributed by atoms with van der Waals surface area (Å²) < 4.78 is 5.06. The highest BCUT2D eigenvalue weighted by Crippen LogP contribution is 2.44. The van der Waals surface area contributed by atoms with Crippen molar-refractivity contribution in [3.63, 3.8) is 0 Å². The van der Waals surface area contributed by atoms with E-state index in [1.165, 1.54) is 31.4 Å². The molecule has 0 radical (unpaired) electrons. The van der Waals surface area contributed by atoms with Crippen molar-refractivity contribution < 1.29 is 9.53 Å². The van der Waals surface area contributed by atoms with E-state index in [4.69, 9.17) is 4.74 Å². The second-order valence-electron chi connectivity index (χ2n) is 8.82. The lowest BCUT2D eigenvalue weighted by atomic mass is 9.96. The van der Waals surface area contributed by atoms with Gasteiger partial charge in [0.15, 0.2) is 0 Å². The summed E-state index contributed by atoms with van der Waals surface area (Å²) in [5, 5.41) is 0. The minimum atomic E-state index is -0.158. The van der Waals surface area contributed by atoms with Crippen molar-refractivity contribution in [1.82, 2.24) is 14.7 Å². The van der Waals surface area contributed by atoms with E-state index < -0.39 is 0 Å². The van der Waals surface area contributed by atoms with Crippen molar-refractivity contribution in [2.45, 2.75) is 34.1 Å². The quantitative estimate of drug-likeness (QED) is 0.599. The van der Waals surface area contributed by atoms with Crippen LogP contribution in [0.2, 0.25) is 0 Å². The second-order valence-corrected chi connectivity index (χ2v) is 10.8. The Bertz CT molecular complexity index is 991. The first kappa shape index (κ1) is 22.1. The molecule has 170 valence electrons. The van der Waals surface area contributed by atoms with E-state index in [2.05, 4.69) is 59.4 Å². The molecule has 5 nitrogen and oxygen atoms in total. The molecule has 1 unspecified atom stereocenters. The molecule has 3 heterocycles. The Morgan fingerprint density at radius 3 is 2.59 bits per heavy atom. The summed E-state index contributed by atoms with van der Waals surface area (Å²) >= 11 is 3.75. The van der Waals surface area contributed by atoms with Gasteiger partial charge in [-0.2, -0.15) is 0 Å². The molecule has 2 aromatic rings. The lowest BCUT2D eigenvalue weighted by Gasteiger charge is -2.40. The van der Waals surface area contributed by atoms with Gasteiger partial charge in [0.1, 0.15) is 6.61 Å². The Hall–Kier alpha value is -1.67. The monoisotopic (exact) mass is 469 g/mol. The molecule has 0 spiro atoms. The molecular formula is C25H31N3O2S2. The maximum atomic E-state index is 11.7. The summed E-state index contributed by atoms with van der Waals surface area (Å²) in [4.78, 5) is 22.8. The van der Waals surface area contributed by atoms with Gasteiger partial charge in [0.2, 0.25) is 0 Å². The molecule has 0 bridgehead atoms. The number of benzene rings is 2. The lowest BCUT2D eigenvalue weighted by Crippen LogP contribution is -2.49. The zero-order valence-electron chi connectivity index (χ0n) is 18.9. The number of aryl methyl sites for hydroxylation is 1. The molecule has 3 aliphatic rings. The predicted molar refractivity (Wildman–Crippen MR) is 131 cm³/mol. The van der Waals surface area contributed by atoms with E-state index in [9.17, 15) is 4.79 Å². The summed E-state index contributed by atoms with van der Waals surface area (Å²) in [6.45, 7) is 9.36. The van der Waals surface area contributed by atoms with Crippen molar-refractivity contribution in [2.75, 3.05) is 58.7 Å². The molecule has 2 saturated heterocycles. The van der Waals surface area contributed by atoms with Gasteiger partial charge in [-0.3, -0.25) is 9.80 Å². The molecule has 0 aliphatic carbocycles. The van der Waals surface area contributed by atoms with Crippen LogP contribution in [0.5, 0.6) is 0 Å². The van der Waals surface area contributed by atoms with Crippen molar-refractivity contribution in [1.29, 1.82) is 0 Å². The van der Waals surface area contributed by atoms with Crippen molar-refractivity contribution in [3.05, 3.63) is 53.1 Å². The molecule has 1 amide bonds. The number of carbonyl (C=O) groups excluding carboxylic acids is 1. The average molecular weight is 470 g/mol. The molecular weight excluding hydrogens is 438 g/mol. The van der Waals surface area contributed by atoms with Crippen molar-refractivity contribution in [2.24, 2.45) is 0 Å². The maximum Gasteiger partial charge on any atom is 0.409 e. The van der Waals surface area contributed by atoms with Crippen LogP contribution in [0.1, 0.15) is 22.7 Å². The number of amides is 1. The molecule has 2 aromatic carbocycles. The van der Waals surface area contributed by atoms with E-state index in [1.54, 1.807) is 0 Å². The Morgan fingerprint density at radius 2 is 1.84 bits per heavy atom. The third kappa shape index (κ3) is 4.67. The fourth-order valence-corrected chi connectivity index (χ4v) is 6.47. The number of piperazine rings is 1. The fraction of sp³-hybridized carbons (Fsp3) is 0.480. The van der Waals surface area contributed by atoms with Gasteiger partial charge < -0.3 is 9.64 Å². The number of cyclic esters (lactones) is 1.